The standard InChI is InChI=1S/C25H25FN2O2/c1-16-14-22(29)28(21-12-4-3-5-13-21)17(2)23(16)25(30)27-24(18-8-6-9-18)19-10-7-11-20(26)15-19/h3-5,7,10-15,18,24H,6,8-9H2,1-2H3,(H,27,30). The fourth-order valence-electron chi connectivity index (χ4n) is 4.29. The Hall–Kier alpha value is -3.21. The summed E-state index contributed by atoms with van der Waals surface area (Å²) in [5.74, 6) is -0.261. The van der Waals surface area contributed by atoms with Gasteiger partial charge in [0.15, 0.2) is 0 Å². The number of halogens is 1. The minimum atomic E-state index is -0.309. The molecule has 0 bridgehead atoms. The van der Waals surface area contributed by atoms with Crippen molar-refractivity contribution in [1.29, 1.82) is 0 Å². The molecule has 1 N–H and O–H groups in total. The number of benzene rings is 2. The number of aromatic nitrogens is 1. The fraction of sp³-hybridized carbons (Fsp3) is 0.280. The lowest BCUT2D eigenvalue weighted by Gasteiger charge is -2.35. The normalized spacial score (nSPS) is 14.8. The van der Waals surface area contributed by atoms with E-state index in [2.05, 4.69) is 5.32 Å². The molecule has 3 aromatic rings. The number of carbonyl (C=O) groups excluding carboxylic acids is 1. The minimum Gasteiger partial charge on any atom is -0.345 e. The Bertz CT molecular complexity index is 1130. The van der Waals surface area contributed by atoms with Crippen LogP contribution in [0.1, 0.15) is 52.5 Å². The van der Waals surface area contributed by atoms with Gasteiger partial charge in [0.1, 0.15) is 5.82 Å². The summed E-state index contributed by atoms with van der Waals surface area (Å²) in [5.41, 5.74) is 3.03. The molecule has 1 aromatic heterocycles. The Morgan fingerprint density at radius 2 is 1.80 bits per heavy atom. The molecule has 0 radical (unpaired) electrons. The molecule has 1 unspecified atom stereocenters. The quantitative estimate of drug-likeness (QED) is 0.660. The highest BCUT2D eigenvalue weighted by Gasteiger charge is 2.31. The van der Waals surface area contributed by atoms with Gasteiger partial charge in [-0.3, -0.25) is 14.2 Å². The molecule has 0 saturated heterocycles. The number of hydrogen-bond donors (Lipinski definition) is 1. The first-order valence-electron chi connectivity index (χ1n) is 10.3. The van der Waals surface area contributed by atoms with E-state index in [1.165, 1.54) is 18.2 Å². The van der Waals surface area contributed by atoms with Crippen molar-refractivity contribution in [2.24, 2.45) is 5.92 Å². The highest BCUT2D eigenvalue weighted by atomic mass is 19.1. The van der Waals surface area contributed by atoms with Gasteiger partial charge < -0.3 is 5.32 Å². The van der Waals surface area contributed by atoms with E-state index in [1.807, 2.05) is 36.4 Å². The predicted molar refractivity (Wildman–Crippen MR) is 115 cm³/mol. The van der Waals surface area contributed by atoms with E-state index in [0.717, 1.165) is 30.5 Å². The Balaban J connectivity index is 1.73. The van der Waals surface area contributed by atoms with Crippen LogP contribution in [0.5, 0.6) is 0 Å². The summed E-state index contributed by atoms with van der Waals surface area (Å²) >= 11 is 0. The number of hydrogen-bond acceptors (Lipinski definition) is 2. The number of nitrogens with zero attached hydrogens (tertiary/aromatic N) is 1. The van der Waals surface area contributed by atoms with E-state index in [-0.39, 0.29) is 29.2 Å². The van der Waals surface area contributed by atoms with E-state index in [9.17, 15) is 14.0 Å². The first-order valence-corrected chi connectivity index (χ1v) is 10.3. The molecule has 154 valence electrons. The summed E-state index contributed by atoms with van der Waals surface area (Å²) in [6.45, 7) is 3.57. The third-order valence-corrected chi connectivity index (χ3v) is 6.01. The summed E-state index contributed by atoms with van der Waals surface area (Å²) in [7, 11) is 0. The van der Waals surface area contributed by atoms with Crippen molar-refractivity contribution >= 4 is 5.91 Å². The second-order valence-corrected chi connectivity index (χ2v) is 7.99. The number of nitrogens with one attached hydrogen (secondary N) is 1. The van der Waals surface area contributed by atoms with Gasteiger partial charge in [-0.25, -0.2) is 4.39 Å². The van der Waals surface area contributed by atoms with Crippen molar-refractivity contribution in [3.8, 4) is 5.69 Å². The van der Waals surface area contributed by atoms with Gasteiger partial charge in [0.05, 0.1) is 11.6 Å². The molecular formula is C25H25FN2O2. The molecule has 1 aliphatic carbocycles. The molecule has 0 aliphatic heterocycles. The first kappa shape index (κ1) is 20.1. The van der Waals surface area contributed by atoms with E-state index in [1.54, 1.807) is 24.5 Å². The Morgan fingerprint density at radius 3 is 2.43 bits per heavy atom. The zero-order chi connectivity index (χ0) is 21.3. The van der Waals surface area contributed by atoms with Crippen LogP contribution < -0.4 is 10.9 Å². The number of aryl methyl sites for hydroxylation is 1. The topological polar surface area (TPSA) is 51.1 Å². The summed E-state index contributed by atoms with van der Waals surface area (Å²) in [5, 5.41) is 3.14. The first-order chi connectivity index (χ1) is 14.5. The van der Waals surface area contributed by atoms with E-state index >= 15 is 0 Å². The Labute approximate surface area is 175 Å². The number of pyridine rings is 1. The lowest BCUT2D eigenvalue weighted by atomic mass is 9.77. The zero-order valence-corrected chi connectivity index (χ0v) is 17.2. The summed E-state index contributed by atoms with van der Waals surface area (Å²) in [6, 6.07) is 17.0. The van der Waals surface area contributed by atoms with Crippen molar-refractivity contribution in [3.63, 3.8) is 0 Å². The Morgan fingerprint density at radius 1 is 1.07 bits per heavy atom. The van der Waals surface area contributed by atoms with Gasteiger partial charge in [-0.05, 0) is 68.0 Å². The second kappa shape index (κ2) is 8.27. The van der Waals surface area contributed by atoms with Gasteiger partial charge in [0, 0.05) is 17.4 Å². The molecule has 0 spiro atoms. The highest BCUT2D eigenvalue weighted by molar-refractivity contribution is 5.97. The molecule has 4 rings (SSSR count). The SMILES string of the molecule is Cc1cc(=O)n(-c2ccccc2)c(C)c1C(=O)NC(c1cccc(F)c1)C1CCC1. The minimum absolute atomic E-state index is 0.173. The molecule has 1 fully saturated rings. The maximum atomic E-state index is 13.8. The number of para-hydroxylation sites is 1. The van der Waals surface area contributed by atoms with Crippen LogP contribution in [0, 0.1) is 25.6 Å². The van der Waals surface area contributed by atoms with Crippen molar-refractivity contribution in [3.05, 3.63) is 99.2 Å². The predicted octanol–water partition coefficient (Wildman–Crippen LogP) is 4.86. The molecule has 1 aliphatic rings. The molecule has 30 heavy (non-hydrogen) atoms. The van der Waals surface area contributed by atoms with E-state index in [0.29, 0.717) is 16.8 Å². The maximum absolute atomic E-state index is 13.8. The van der Waals surface area contributed by atoms with Gasteiger partial charge in [-0.1, -0.05) is 36.8 Å². The average molecular weight is 404 g/mol. The van der Waals surface area contributed by atoms with Crippen molar-refractivity contribution in [2.75, 3.05) is 0 Å². The van der Waals surface area contributed by atoms with Crippen molar-refractivity contribution in [1.82, 2.24) is 9.88 Å². The average Bonchev–Trinajstić information content (AvgIpc) is 2.66. The van der Waals surface area contributed by atoms with Crippen LogP contribution in [-0.2, 0) is 0 Å². The van der Waals surface area contributed by atoms with Crippen LogP contribution >= 0.6 is 0 Å². The lowest BCUT2D eigenvalue weighted by molar-refractivity contribution is 0.0898. The van der Waals surface area contributed by atoms with Crippen LogP contribution in [0.15, 0.2) is 65.5 Å². The number of rotatable bonds is 5. The third-order valence-electron chi connectivity index (χ3n) is 6.01. The van der Waals surface area contributed by atoms with Crippen LogP contribution in [0.3, 0.4) is 0 Å². The molecule has 5 heteroatoms. The van der Waals surface area contributed by atoms with Crippen LogP contribution in [0.2, 0.25) is 0 Å². The van der Waals surface area contributed by atoms with Crippen molar-refractivity contribution in [2.45, 2.75) is 39.2 Å². The molecule has 1 amide bonds. The second-order valence-electron chi connectivity index (χ2n) is 7.99. The van der Waals surface area contributed by atoms with Gasteiger partial charge in [0.25, 0.3) is 11.5 Å². The monoisotopic (exact) mass is 404 g/mol. The molecule has 1 saturated carbocycles. The summed E-state index contributed by atoms with van der Waals surface area (Å²) in [6.07, 6.45) is 3.12. The van der Waals surface area contributed by atoms with Gasteiger partial charge >= 0.3 is 0 Å². The van der Waals surface area contributed by atoms with Gasteiger partial charge in [0.2, 0.25) is 0 Å². The molecule has 1 atom stereocenters. The largest absolute Gasteiger partial charge is 0.345 e. The van der Waals surface area contributed by atoms with E-state index < -0.39 is 0 Å². The lowest BCUT2D eigenvalue weighted by Crippen LogP contribution is -2.38. The van der Waals surface area contributed by atoms with Crippen molar-refractivity contribution < 1.29 is 9.18 Å². The van der Waals surface area contributed by atoms with E-state index in [4.69, 9.17) is 0 Å². The van der Waals surface area contributed by atoms with Crippen LogP contribution in [0.25, 0.3) is 5.69 Å². The van der Waals surface area contributed by atoms with Crippen LogP contribution in [0.4, 0.5) is 4.39 Å². The molecule has 2 aromatic carbocycles. The number of carbonyl (C=O) groups is 1. The van der Waals surface area contributed by atoms with Gasteiger partial charge in [-0.2, -0.15) is 0 Å². The maximum Gasteiger partial charge on any atom is 0.255 e. The molecular weight excluding hydrogens is 379 g/mol. The smallest absolute Gasteiger partial charge is 0.255 e. The third kappa shape index (κ3) is 3.80. The Kier molecular flexibility index (Phi) is 5.53. The fourth-order valence-corrected chi connectivity index (χ4v) is 4.29. The zero-order valence-electron chi connectivity index (χ0n) is 17.2. The summed E-state index contributed by atoms with van der Waals surface area (Å²) in [4.78, 5) is 26.0. The van der Waals surface area contributed by atoms with Gasteiger partial charge in [-0.15, -0.1) is 0 Å². The highest BCUT2D eigenvalue weighted by Crippen LogP contribution is 2.38. The van der Waals surface area contributed by atoms with Crippen LogP contribution in [-0.4, -0.2) is 10.5 Å². The molecule has 1 heterocycles. The molecule has 4 nitrogen and oxygen atoms in total. The summed E-state index contributed by atoms with van der Waals surface area (Å²) < 4.78 is 15.4. The number of amides is 1.